The average Bonchev–Trinajstić information content (AvgIpc) is 3.29. The number of carbonyl (C=O) groups is 1. The van der Waals surface area contributed by atoms with Gasteiger partial charge in [0.05, 0.1) is 25.9 Å². The second kappa shape index (κ2) is 10.1. The van der Waals surface area contributed by atoms with E-state index in [0.717, 1.165) is 41.8 Å². The van der Waals surface area contributed by atoms with Gasteiger partial charge < -0.3 is 19.7 Å². The smallest absolute Gasteiger partial charge is 0.321 e. The second-order valence-corrected chi connectivity index (χ2v) is 7.36. The predicted octanol–water partition coefficient (Wildman–Crippen LogP) is 2.42. The van der Waals surface area contributed by atoms with Crippen LogP contribution in [0, 0.1) is 0 Å². The molecule has 1 fully saturated rings. The van der Waals surface area contributed by atoms with Gasteiger partial charge in [0.25, 0.3) is 0 Å². The Bertz CT molecular complexity index is 1010. The van der Waals surface area contributed by atoms with Gasteiger partial charge in [0.1, 0.15) is 11.5 Å². The first-order valence-corrected chi connectivity index (χ1v) is 10.6. The predicted molar refractivity (Wildman–Crippen MR) is 119 cm³/mol. The van der Waals surface area contributed by atoms with E-state index in [1.54, 1.807) is 11.8 Å². The summed E-state index contributed by atoms with van der Waals surface area (Å²) in [6.07, 6.45) is 0. The van der Waals surface area contributed by atoms with Crippen LogP contribution in [-0.4, -0.2) is 75.9 Å². The van der Waals surface area contributed by atoms with Crippen molar-refractivity contribution in [2.45, 2.75) is 13.5 Å². The summed E-state index contributed by atoms with van der Waals surface area (Å²) < 4.78 is 12.4. The van der Waals surface area contributed by atoms with E-state index in [-0.39, 0.29) is 6.03 Å². The Labute approximate surface area is 186 Å². The number of methoxy groups -OCH3 is 1. The first-order valence-electron chi connectivity index (χ1n) is 10.6. The Morgan fingerprint density at radius 1 is 1.00 bits per heavy atom. The molecule has 0 bridgehead atoms. The van der Waals surface area contributed by atoms with Gasteiger partial charge in [-0.1, -0.05) is 0 Å². The largest absolute Gasteiger partial charge is 0.497 e. The number of anilines is 1. The van der Waals surface area contributed by atoms with Gasteiger partial charge in [-0.3, -0.25) is 4.90 Å². The van der Waals surface area contributed by atoms with E-state index in [1.165, 1.54) is 0 Å². The Hall–Kier alpha value is -3.66. The minimum Gasteiger partial charge on any atom is -0.497 e. The third-order valence-electron chi connectivity index (χ3n) is 5.29. The molecule has 2 amide bonds. The standard InChI is InChI=1S/C22H27N7O3/c1-3-32-20-10-6-18(7-11-20)29-21(24-25-26-29)16-27-12-14-28(15-13-27)22(30)23-17-4-8-19(31-2)9-5-17/h4-11H,3,12-16H2,1-2H3,(H,23,30). The van der Waals surface area contributed by atoms with Crippen LogP contribution in [0.3, 0.4) is 0 Å². The Morgan fingerprint density at radius 2 is 1.69 bits per heavy atom. The van der Waals surface area contributed by atoms with Crippen molar-refractivity contribution in [1.29, 1.82) is 0 Å². The van der Waals surface area contributed by atoms with E-state index in [0.29, 0.717) is 26.2 Å². The summed E-state index contributed by atoms with van der Waals surface area (Å²) in [5.74, 6) is 2.32. The van der Waals surface area contributed by atoms with Crippen molar-refractivity contribution >= 4 is 11.7 Å². The molecule has 0 radical (unpaired) electrons. The molecule has 1 aromatic heterocycles. The van der Waals surface area contributed by atoms with Gasteiger partial charge in [-0.15, -0.1) is 5.10 Å². The van der Waals surface area contributed by atoms with Gasteiger partial charge in [0, 0.05) is 31.9 Å². The number of benzene rings is 2. The van der Waals surface area contributed by atoms with E-state index >= 15 is 0 Å². The lowest BCUT2D eigenvalue weighted by Crippen LogP contribution is -2.49. The number of urea groups is 1. The molecule has 2 aromatic carbocycles. The minimum absolute atomic E-state index is 0.103. The van der Waals surface area contributed by atoms with Crippen LogP contribution in [0.25, 0.3) is 5.69 Å². The third kappa shape index (κ3) is 5.14. The molecule has 1 N–H and O–H groups in total. The molecule has 10 heteroatoms. The van der Waals surface area contributed by atoms with Crippen LogP contribution in [0.5, 0.6) is 11.5 Å². The second-order valence-electron chi connectivity index (χ2n) is 7.36. The molecule has 32 heavy (non-hydrogen) atoms. The number of carbonyl (C=O) groups excluding carboxylic acids is 1. The molecular weight excluding hydrogens is 410 g/mol. The molecule has 2 heterocycles. The maximum Gasteiger partial charge on any atom is 0.321 e. The summed E-state index contributed by atoms with van der Waals surface area (Å²) in [5.41, 5.74) is 1.62. The van der Waals surface area contributed by atoms with Crippen LogP contribution in [0.4, 0.5) is 10.5 Å². The number of aromatic nitrogens is 4. The zero-order valence-electron chi connectivity index (χ0n) is 18.3. The van der Waals surface area contributed by atoms with Gasteiger partial charge in [0.15, 0.2) is 5.82 Å². The molecule has 0 spiro atoms. The van der Waals surface area contributed by atoms with Gasteiger partial charge in [-0.05, 0) is 65.9 Å². The van der Waals surface area contributed by atoms with Crippen LogP contribution in [0.1, 0.15) is 12.7 Å². The maximum absolute atomic E-state index is 12.6. The monoisotopic (exact) mass is 437 g/mol. The van der Waals surface area contributed by atoms with Crippen molar-refractivity contribution in [3.8, 4) is 17.2 Å². The summed E-state index contributed by atoms with van der Waals surface area (Å²) in [4.78, 5) is 16.6. The minimum atomic E-state index is -0.103. The van der Waals surface area contributed by atoms with Crippen LogP contribution in [0.15, 0.2) is 48.5 Å². The van der Waals surface area contributed by atoms with Gasteiger partial charge in [-0.25, -0.2) is 4.79 Å². The number of piperazine rings is 1. The molecule has 1 saturated heterocycles. The van der Waals surface area contributed by atoms with Gasteiger partial charge >= 0.3 is 6.03 Å². The fourth-order valence-corrected chi connectivity index (χ4v) is 3.54. The number of nitrogens with zero attached hydrogens (tertiary/aromatic N) is 6. The fourth-order valence-electron chi connectivity index (χ4n) is 3.54. The van der Waals surface area contributed by atoms with Crippen molar-refractivity contribution in [2.24, 2.45) is 0 Å². The van der Waals surface area contributed by atoms with Crippen LogP contribution in [0.2, 0.25) is 0 Å². The summed E-state index contributed by atoms with van der Waals surface area (Å²) in [5, 5.41) is 15.1. The zero-order chi connectivity index (χ0) is 22.3. The number of rotatable bonds is 7. The van der Waals surface area contributed by atoms with E-state index < -0.39 is 0 Å². The molecular formula is C22H27N7O3. The van der Waals surface area contributed by atoms with E-state index in [1.807, 2.05) is 60.4 Å². The number of ether oxygens (including phenoxy) is 2. The van der Waals surface area contributed by atoms with E-state index in [4.69, 9.17) is 9.47 Å². The lowest BCUT2D eigenvalue weighted by atomic mass is 10.3. The van der Waals surface area contributed by atoms with E-state index in [2.05, 4.69) is 25.7 Å². The summed E-state index contributed by atoms with van der Waals surface area (Å²) in [6.45, 7) is 5.93. The van der Waals surface area contributed by atoms with Crippen molar-refractivity contribution < 1.29 is 14.3 Å². The highest BCUT2D eigenvalue weighted by molar-refractivity contribution is 5.89. The topological polar surface area (TPSA) is 97.6 Å². The maximum atomic E-state index is 12.6. The molecule has 4 rings (SSSR count). The lowest BCUT2D eigenvalue weighted by molar-refractivity contribution is 0.140. The number of hydrogen-bond donors (Lipinski definition) is 1. The summed E-state index contributed by atoms with van der Waals surface area (Å²) >= 11 is 0. The van der Waals surface area contributed by atoms with Crippen molar-refractivity contribution in [1.82, 2.24) is 30.0 Å². The number of amides is 2. The highest BCUT2D eigenvalue weighted by atomic mass is 16.5. The number of tetrazole rings is 1. The molecule has 0 aliphatic carbocycles. The molecule has 0 unspecified atom stereocenters. The summed E-state index contributed by atoms with van der Waals surface area (Å²) in [6, 6.07) is 14.9. The third-order valence-corrected chi connectivity index (χ3v) is 5.29. The molecule has 1 aliphatic heterocycles. The van der Waals surface area contributed by atoms with Crippen molar-refractivity contribution in [3.05, 3.63) is 54.4 Å². The van der Waals surface area contributed by atoms with Gasteiger partial charge in [-0.2, -0.15) is 4.68 Å². The zero-order valence-corrected chi connectivity index (χ0v) is 18.3. The lowest BCUT2D eigenvalue weighted by Gasteiger charge is -2.34. The Morgan fingerprint density at radius 3 is 2.34 bits per heavy atom. The molecule has 10 nitrogen and oxygen atoms in total. The molecule has 0 atom stereocenters. The number of hydrogen-bond acceptors (Lipinski definition) is 7. The molecule has 168 valence electrons. The number of nitrogens with one attached hydrogen (secondary N) is 1. The van der Waals surface area contributed by atoms with Gasteiger partial charge in [0.2, 0.25) is 0 Å². The fraction of sp³-hybridized carbons (Fsp3) is 0.364. The SMILES string of the molecule is CCOc1ccc(-n2nnnc2CN2CCN(C(=O)Nc3ccc(OC)cc3)CC2)cc1. The Balaban J connectivity index is 1.30. The Kier molecular flexibility index (Phi) is 6.81. The molecule has 3 aromatic rings. The quantitative estimate of drug-likeness (QED) is 0.606. The van der Waals surface area contributed by atoms with Crippen LogP contribution in [-0.2, 0) is 6.54 Å². The highest BCUT2D eigenvalue weighted by Crippen LogP contribution is 2.18. The normalized spacial score (nSPS) is 14.2. The highest BCUT2D eigenvalue weighted by Gasteiger charge is 2.23. The summed E-state index contributed by atoms with van der Waals surface area (Å²) in [7, 11) is 1.61. The molecule has 0 saturated carbocycles. The van der Waals surface area contributed by atoms with Crippen molar-refractivity contribution in [3.63, 3.8) is 0 Å². The first-order chi connectivity index (χ1) is 15.7. The van der Waals surface area contributed by atoms with Crippen molar-refractivity contribution in [2.75, 3.05) is 45.2 Å². The molecule has 1 aliphatic rings. The average molecular weight is 438 g/mol. The van der Waals surface area contributed by atoms with Crippen LogP contribution >= 0.6 is 0 Å². The van der Waals surface area contributed by atoms with E-state index in [9.17, 15) is 4.79 Å². The van der Waals surface area contributed by atoms with Crippen LogP contribution < -0.4 is 14.8 Å². The first kappa shape index (κ1) is 21.6.